The number of hydrogen-bond donors (Lipinski definition) is 2. The molecule has 1 aromatic rings. The van der Waals surface area contributed by atoms with Gasteiger partial charge in [-0.3, -0.25) is 0 Å². The Bertz CT molecular complexity index is 444. The van der Waals surface area contributed by atoms with Crippen molar-refractivity contribution < 1.29 is 14.6 Å². The molecule has 4 heteroatoms. The summed E-state index contributed by atoms with van der Waals surface area (Å²) in [7, 11) is 3.29. The van der Waals surface area contributed by atoms with Crippen molar-refractivity contribution in [1.29, 1.82) is 0 Å². The van der Waals surface area contributed by atoms with Crippen molar-refractivity contribution in [1.82, 2.24) is 5.32 Å². The van der Waals surface area contributed by atoms with E-state index in [1.54, 1.807) is 14.2 Å². The molecule has 4 nitrogen and oxygen atoms in total. The molecular weight excluding hydrogens is 266 g/mol. The van der Waals surface area contributed by atoms with Gasteiger partial charge in [0.1, 0.15) is 11.5 Å². The van der Waals surface area contributed by atoms with Crippen molar-refractivity contribution in [3.05, 3.63) is 23.8 Å². The molecule has 0 saturated heterocycles. The lowest BCUT2D eigenvalue weighted by Gasteiger charge is -2.28. The van der Waals surface area contributed by atoms with Crippen LogP contribution in [0.3, 0.4) is 0 Å². The Morgan fingerprint density at radius 3 is 2.38 bits per heavy atom. The minimum atomic E-state index is -0.706. The number of aliphatic hydroxyl groups is 1. The van der Waals surface area contributed by atoms with E-state index in [-0.39, 0.29) is 6.04 Å². The van der Waals surface area contributed by atoms with E-state index in [1.165, 1.54) is 0 Å². The van der Waals surface area contributed by atoms with E-state index in [9.17, 15) is 5.11 Å². The van der Waals surface area contributed by atoms with Gasteiger partial charge in [-0.25, -0.2) is 0 Å². The molecule has 0 aliphatic rings. The minimum Gasteiger partial charge on any atom is -0.497 e. The Labute approximate surface area is 128 Å². The van der Waals surface area contributed by atoms with Crippen LogP contribution >= 0.6 is 0 Å². The lowest BCUT2D eigenvalue weighted by molar-refractivity contribution is 0.0363. The fraction of sp³-hybridized carbons (Fsp3) is 0.647. The summed E-state index contributed by atoms with van der Waals surface area (Å²) >= 11 is 0. The van der Waals surface area contributed by atoms with E-state index < -0.39 is 5.60 Å². The Morgan fingerprint density at radius 2 is 1.86 bits per heavy atom. The van der Waals surface area contributed by atoms with Gasteiger partial charge in [-0.15, -0.1) is 0 Å². The lowest BCUT2D eigenvalue weighted by Crippen LogP contribution is -2.39. The summed E-state index contributed by atoms with van der Waals surface area (Å²) in [5.74, 6) is 2.03. The largest absolute Gasteiger partial charge is 0.497 e. The van der Waals surface area contributed by atoms with Crippen molar-refractivity contribution in [2.45, 2.75) is 45.8 Å². The molecule has 2 atom stereocenters. The quantitative estimate of drug-likeness (QED) is 0.773. The number of ether oxygens (including phenoxy) is 2. The maximum absolute atomic E-state index is 10.4. The molecule has 2 unspecified atom stereocenters. The average Bonchev–Trinajstić information content (AvgIpc) is 2.42. The number of methoxy groups -OCH3 is 2. The van der Waals surface area contributed by atoms with E-state index in [4.69, 9.17) is 9.47 Å². The predicted molar refractivity (Wildman–Crippen MR) is 86.0 cm³/mol. The summed E-state index contributed by atoms with van der Waals surface area (Å²) in [5, 5.41) is 13.8. The second kappa shape index (κ2) is 7.66. The van der Waals surface area contributed by atoms with Crippen LogP contribution in [0.2, 0.25) is 0 Å². The zero-order valence-corrected chi connectivity index (χ0v) is 14.1. The second-order valence-corrected chi connectivity index (χ2v) is 6.31. The summed E-state index contributed by atoms with van der Waals surface area (Å²) in [6, 6.07) is 5.87. The van der Waals surface area contributed by atoms with Gasteiger partial charge < -0.3 is 19.9 Å². The van der Waals surface area contributed by atoms with Gasteiger partial charge in [-0.1, -0.05) is 19.9 Å². The Hall–Kier alpha value is -1.26. The average molecular weight is 295 g/mol. The van der Waals surface area contributed by atoms with Gasteiger partial charge in [0.25, 0.3) is 0 Å². The number of hydrogen-bond acceptors (Lipinski definition) is 4. The van der Waals surface area contributed by atoms with Gasteiger partial charge >= 0.3 is 0 Å². The molecular formula is C17H29NO3. The van der Waals surface area contributed by atoms with Gasteiger partial charge in [0.15, 0.2) is 0 Å². The molecule has 0 aliphatic heterocycles. The van der Waals surface area contributed by atoms with Crippen LogP contribution in [-0.2, 0) is 0 Å². The highest BCUT2D eigenvalue weighted by Crippen LogP contribution is 2.29. The molecule has 120 valence electrons. The smallest absolute Gasteiger partial charge is 0.127 e. The predicted octanol–water partition coefficient (Wildman–Crippen LogP) is 3.15. The van der Waals surface area contributed by atoms with E-state index in [1.807, 2.05) is 25.1 Å². The SMILES string of the molecule is COc1ccc(C(C)NCC(C)(O)CC(C)C)c(OC)c1. The molecule has 0 heterocycles. The van der Waals surface area contributed by atoms with Crippen LogP contribution in [0.15, 0.2) is 18.2 Å². The molecule has 0 bridgehead atoms. The zero-order chi connectivity index (χ0) is 16.0. The first-order chi connectivity index (χ1) is 9.79. The Morgan fingerprint density at radius 1 is 1.19 bits per heavy atom. The molecule has 0 spiro atoms. The molecule has 21 heavy (non-hydrogen) atoms. The van der Waals surface area contributed by atoms with Crippen molar-refractivity contribution in [3.63, 3.8) is 0 Å². The van der Waals surface area contributed by atoms with Crippen LogP contribution in [0.25, 0.3) is 0 Å². The van der Waals surface area contributed by atoms with Crippen LogP contribution in [0.1, 0.15) is 45.7 Å². The molecule has 1 aromatic carbocycles. The van der Waals surface area contributed by atoms with Crippen molar-refractivity contribution in [3.8, 4) is 11.5 Å². The summed E-state index contributed by atoms with van der Waals surface area (Å²) in [6.45, 7) is 8.71. The normalized spacial score (nSPS) is 15.6. The van der Waals surface area contributed by atoms with Crippen LogP contribution in [-0.4, -0.2) is 31.5 Å². The highest BCUT2D eigenvalue weighted by Gasteiger charge is 2.23. The van der Waals surface area contributed by atoms with Crippen LogP contribution in [0.4, 0.5) is 0 Å². The molecule has 0 aromatic heterocycles. The van der Waals surface area contributed by atoms with E-state index in [0.29, 0.717) is 12.5 Å². The van der Waals surface area contributed by atoms with E-state index in [0.717, 1.165) is 23.5 Å². The van der Waals surface area contributed by atoms with Crippen LogP contribution < -0.4 is 14.8 Å². The third-order valence-corrected chi connectivity index (χ3v) is 3.54. The van der Waals surface area contributed by atoms with Crippen molar-refractivity contribution in [2.24, 2.45) is 5.92 Å². The molecule has 0 fully saturated rings. The topological polar surface area (TPSA) is 50.7 Å². The maximum Gasteiger partial charge on any atom is 0.127 e. The zero-order valence-electron chi connectivity index (χ0n) is 14.1. The van der Waals surface area contributed by atoms with Crippen LogP contribution in [0, 0.1) is 5.92 Å². The summed E-state index contributed by atoms with van der Waals surface area (Å²) in [4.78, 5) is 0. The fourth-order valence-corrected chi connectivity index (χ4v) is 2.61. The monoisotopic (exact) mass is 295 g/mol. The first-order valence-corrected chi connectivity index (χ1v) is 7.46. The third-order valence-electron chi connectivity index (χ3n) is 3.54. The standard InChI is InChI=1S/C17H29NO3/c1-12(2)10-17(4,19)11-18-13(3)15-8-7-14(20-5)9-16(15)21-6/h7-9,12-13,18-19H,10-11H2,1-6H3. The first kappa shape index (κ1) is 17.8. The molecule has 0 amide bonds. The summed E-state index contributed by atoms with van der Waals surface area (Å²) < 4.78 is 10.6. The fourth-order valence-electron chi connectivity index (χ4n) is 2.61. The van der Waals surface area contributed by atoms with Crippen LogP contribution in [0.5, 0.6) is 11.5 Å². The molecule has 0 aliphatic carbocycles. The Balaban J connectivity index is 2.73. The van der Waals surface area contributed by atoms with Crippen molar-refractivity contribution in [2.75, 3.05) is 20.8 Å². The third kappa shape index (κ3) is 5.56. The van der Waals surface area contributed by atoms with E-state index >= 15 is 0 Å². The van der Waals surface area contributed by atoms with Gasteiger partial charge in [-0.2, -0.15) is 0 Å². The minimum absolute atomic E-state index is 0.0875. The lowest BCUT2D eigenvalue weighted by atomic mass is 9.94. The molecule has 0 saturated carbocycles. The van der Waals surface area contributed by atoms with E-state index in [2.05, 4.69) is 26.1 Å². The van der Waals surface area contributed by atoms with Crippen molar-refractivity contribution >= 4 is 0 Å². The summed E-state index contributed by atoms with van der Waals surface area (Å²) in [6.07, 6.45) is 0.770. The first-order valence-electron chi connectivity index (χ1n) is 7.46. The summed E-state index contributed by atoms with van der Waals surface area (Å²) in [5.41, 5.74) is 0.348. The van der Waals surface area contributed by atoms with Gasteiger partial charge in [0, 0.05) is 24.2 Å². The van der Waals surface area contributed by atoms with Gasteiger partial charge in [0.05, 0.1) is 19.8 Å². The Kier molecular flexibility index (Phi) is 6.49. The maximum atomic E-state index is 10.4. The number of rotatable bonds is 8. The van der Waals surface area contributed by atoms with Gasteiger partial charge in [0.2, 0.25) is 0 Å². The number of nitrogens with one attached hydrogen (secondary N) is 1. The number of benzene rings is 1. The molecule has 1 rings (SSSR count). The van der Waals surface area contributed by atoms with Gasteiger partial charge in [-0.05, 0) is 32.3 Å². The molecule has 0 radical (unpaired) electrons. The molecule has 2 N–H and O–H groups in total. The highest BCUT2D eigenvalue weighted by molar-refractivity contribution is 5.42. The second-order valence-electron chi connectivity index (χ2n) is 6.31. The highest BCUT2D eigenvalue weighted by atomic mass is 16.5.